The normalized spacial score (nSPS) is 39.2. The summed E-state index contributed by atoms with van der Waals surface area (Å²) >= 11 is 0. The Kier molecular flexibility index (Phi) is 8.81. The van der Waals surface area contributed by atoms with Gasteiger partial charge in [0.25, 0.3) is 0 Å². The summed E-state index contributed by atoms with van der Waals surface area (Å²) in [6.45, 7) is 3.74. The molecule has 0 unspecified atom stereocenters. The van der Waals surface area contributed by atoms with Gasteiger partial charge in [0.1, 0.15) is 37.6 Å². The third kappa shape index (κ3) is 6.87. The van der Waals surface area contributed by atoms with Gasteiger partial charge in [-0.3, -0.25) is 9.59 Å². The molecule has 0 radical (unpaired) electrons. The summed E-state index contributed by atoms with van der Waals surface area (Å²) < 4.78 is 22.4. The van der Waals surface area contributed by atoms with Crippen molar-refractivity contribution in [2.45, 2.75) is 63.3 Å². The van der Waals surface area contributed by atoms with Crippen molar-refractivity contribution in [3.63, 3.8) is 0 Å². The monoisotopic (exact) mass is 448 g/mol. The van der Waals surface area contributed by atoms with Crippen LogP contribution in [0.1, 0.15) is 26.7 Å². The van der Waals surface area contributed by atoms with Crippen molar-refractivity contribution < 1.29 is 38.7 Å². The smallest absolute Gasteiger partial charge is 0.309 e. The van der Waals surface area contributed by atoms with Crippen LogP contribution in [0.4, 0.5) is 0 Å². The lowest BCUT2D eigenvalue weighted by molar-refractivity contribution is -0.153. The van der Waals surface area contributed by atoms with Crippen molar-refractivity contribution in [1.29, 1.82) is 0 Å². The first kappa shape index (κ1) is 24.4. The van der Waals surface area contributed by atoms with E-state index >= 15 is 0 Å². The summed E-state index contributed by atoms with van der Waals surface area (Å²) in [5.41, 5.74) is 0. The van der Waals surface area contributed by atoms with Gasteiger partial charge in [0.15, 0.2) is 0 Å². The fourth-order valence-corrected chi connectivity index (χ4v) is 3.67. The molecule has 0 aromatic heterocycles. The first-order chi connectivity index (χ1) is 15.3. The van der Waals surface area contributed by atoms with E-state index in [2.05, 4.69) is 0 Å². The highest BCUT2D eigenvalue weighted by Crippen LogP contribution is 2.22. The van der Waals surface area contributed by atoms with Crippen LogP contribution in [-0.4, -0.2) is 72.0 Å². The molecule has 2 N–H and O–H groups in total. The Morgan fingerprint density at radius 2 is 1.09 bits per heavy atom. The quantitative estimate of drug-likeness (QED) is 0.425. The van der Waals surface area contributed by atoms with Gasteiger partial charge in [-0.15, -0.1) is 0 Å². The molecule has 0 saturated carbocycles. The van der Waals surface area contributed by atoms with E-state index in [1.165, 1.54) is 0 Å². The van der Waals surface area contributed by atoms with Gasteiger partial charge in [-0.25, -0.2) is 0 Å². The summed E-state index contributed by atoms with van der Waals surface area (Å²) in [6, 6.07) is 0. The van der Waals surface area contributed by atoms with E-state index in [0.29, 0.717) is 0 Å². The van der Waals surface area contributed by atoms with E-state index < -0.39 is 36.4 Å². The predicted molar refractivity (Wildman–Crippen MR) is 115 cm³/mol. The molecule has 0 saturated heterocycles. The lowest BCUT2D eigenvalue weighted by Crippen LogP contribution is -2.41. The zero-order chi connectivity index (χ0) is 23.1. The molecule has 0 spiro atoms. The maximum absolute atomic E-state index is 12.1. The number of ether oxygens (including phenoxy) is 4. The third-order valence-corrected chi connectivity index (χ3v) is 5.72. The highest BCUT2D eigenvalue weighted by Gasteiger charge is 2.30. The Hall–Kier alpha value is -2.26. The molecule has 4 bridgehead atoms. The van der Waals surface area contributed by atoms with Crippen molar-refractivity contribution in [3.8, 4) is 0 Å². The Labute approximate surface area is 188 Å². The topological polar surface area (TPSA) is 112 Å². The van der Waals surface area contributed by atoms with Gasteiger partial charge in [-0.2, -0.15) is 0 Å². The highest BCUT2D eigenvalue weighted by atomic mass is 16.6. The van der Waals surface area contributed by atoms with Crippen LogP contribution in [0.5, 0.6) is 0 Å². The van der Waals surface area contributed by atoms with Gasteiger partial charge in [0.05, 0.1) is 25.0 Å². The van der Waals surface area contributed by atoms with Crippen molar-refractivity contribution in [1.82, 2.24) is 0 Å². The Morgan fingerprint density at radius 3 is 1.50 bits per heavy atom. The number of hydrogen-bond acceptors (Lipinski definition) is 8. The first-order valence-electron chi connectivity index (χ1n) is 11.0. The molecular weight excluding hydrogens is 416 g/mol. The second-order valence-electron chi connectivity index (χ2n) is 8.38. The van der Waals surface area contributed by atoms with E-state index in [1.54, 1.807) is 36.5 Å². The third-order valence-electron chi connectivity index (χ3n) is 5.72. The van der Waals surface area contributed by atoms with E-state index in [-0.39, 0.29) is 50.1 Å². The first-order valence-corrected chi connectivity index (χ1v) is 11.0. The van der Waals surface area contributed by atoms with Crippen LogP contribution in [0.3, 0.4) is 0 Å². The summed E-state index contributed by atoms with van der Waals surface area (Å²) in [7, 11) is 0. The van der Waals surface area contributed by atoms with Crippen LogP contribution < -0.4 is 0 Å². The molecule has 0 fully saturated rings. The molecule has 0 aromatic carbocycles. The van der Waals surface area contributed by atoms with Gasteiger partial charge in [-0.1, -0.05) is 62.5 Å². The molecule has 3 aliphatic heterocycles. The number of aliphatic hydroxyl groups excluding tert-OH is 2. The maximum atomic E-state index is 12.1. The summed E-state index contributed by atoms with van der Waals surface area (Å²) in [5.74, 6) is -0.987. The number of aliphatic hydroxyl groups is 2. The van der Waals surface area contributed by atoms with Crippen LogP contribution in [0, 0.1) is 11.8 Å². The molecule has 8 nitrogen and oxygen atoms in total. The largest absolute Gasteiger partial charge is 0.463 e. The fourth-order valence-electron chi connectivity index (χ4n) is 3.67. The molecule has 0 aromatic rings. The SMILES string of the molecule is C[C@@H]1C=CCC(=O)OC[C@H]2O[C@@H](C=C[C@@H]2O)[C@H](C)C=CCC(=O)OC[C@H]2O[C@H]1C=C[C@@H]2O. The zero-order valence-electron chi connectivity index (χ0n) is 18.4. The molecular formula is C24H32O8. The maximum Gasteiger partial charge on any atom is 0.309 e. The van der Waals surface area contributed by atoms with E-state index in [0.717, 1.165) is 0 Å². The van der Waals surface area contributed by atoms with Crippen LogP contribution in [0.2, 0.25) is 0 Å². The zero-order valence-corrected chi connectivity index (χ0v) is 18.4. The summed E-state index contributed by atoms with van der Waals surface area (Å²) in [5, 5.41) is 20.3. The van der Waals surface area contributed by atoms with Crippen molar-refractivity contribution in [2.24, 2.45) is 11.8 Å². The number of hydrogen-bond donors (Lipinski definition) is 2. The fraction of sp³-hybridized carbons (Fsp3) is 0.583. The summed E-state index contributed by atoms with van der Waals surface area (Å²) in [6.07, 6.45) is 10.3. The highest BCUT2D eigenvalue weighted by molar-refractivity contribution is 5.71. The van der Waals surface area contributed by atoms with E-state index in [4.69, 9.17) is 18.9 Å². The minimum absolute atomic E-state index is 0.0545. The van der Waals surface area contributed by atoms with Gasteiger partial charge in [0.2, 0.25) is 0 Å². The van der Waals surface area contributed by atoms with Crippen LogP contribution in [-0.2, 0) is 28.5 Å². The average molecular weight is 449 g/mol. The van der Waals surface area contributed by atoms with Crippen molar-refractivity contribution in [2.75, 3.05) is 13.2 Å². The van der Waals surface area contributed by atoms with E-state index in [1.807, 2.05) is 26.0 Å². The number of esters is 2. The molecule has 3 rings (SSSR count). The Bertz CT molecular complexity index is 706. The molecule has 0 aliphatic carbocycles. The van der Waals surface area contributed by atoms with Gasteiger partial charge < -0.3 is 29.2 Å². The average Bonchev–Trinajstić information content (AvgIpc) is 2.77. The molecule has 176 valence electrons. The van der Waals surface area contributed by atoms with Crippen molar-refractivity contribution in [3.05, 3.63) is 48.6 Å². The predicted octanol–water partition coefficient (Wildman–Crippen LogP) is 1.62. The van der Waals surface area contributed by atoms with Gasteiger partial charge in [-0.05, 0) is 0 Å². The van der Waals surface area contributed by atoms with Gasteiger partial charge >= 0.3 is 11.9 Å². The summed E-state index contributed by atoms with van der Waals surface area (Å²) in [4.78, 5) is 24.2. The number of carbonyl (C=O) groups excluding carboxylic acids is 2. The second kappa shape index (κ2) is 11.6. The lowest BCUT2D eigenvalue weighted by Gasteiger charge is -2.32. The minimum atomic E-state index is -0.864. The molecule has 3 heterocycles. The molecule has 8 heteroatoms. The standard InChI is InChI=1S/C24H32O8/c1-15-5-3-7-23(27)30-14-22-18(26)10-12-20(32-22)16(2)6-4-8-24(28)29-13-21-17(25)9-11-19(15)31-21/h3-6,9-12,15-22,25-26H,7-8,13-14H2,1-2H3/t15-,16-,17+,18+,19+,20+,21-,22-/m1/s1. The van der Waals surface area contributed by atoms with Crippen LogP contribution >= 0.6 is 0 Å². The minimum Gasteiger partial charge on any atom is -0.463 e. The Balaban J connectivity index is 1.71. The number of carbonyl (C=O) groups is 2. The Morgan fingerprint density at radius 1 is 0.688 bits per heavy atom. The molecule has 8 atom stereocenters. The van der Waals surface area contributed by atoms with E-state index in [9.17, 15) is 19.8 Å². The number of cyclic esters (lactones) is 2. The lowest BCUT2D eigenvalue weighted by atomic mass is 9.98. The molecule has 0 amide bonds. The second-order valence-corrected chi connectivity index (χ2v) is 8.38. The van der Waals surface area contributed by atoms with Crippen LogP contribution in [0.25, 0.3) is 0 Å². The number of fused-ring (bicyclic) bond motifs is 4. The van der Waals surface area contributed by atoms with Gasteiger partial charge in [0, 0.05) is 11.8 Å². The molecule has 32 heavy (non-hydrogen) atoms. The molecule has 3 aliphatic rings. The van der Waals surface area contributed by atoms with Crippen LogP contribution in [0.15, 0.2) is 48.6 Å². The van der Waals surface area contributed by atoms with Crippen molar-refractivity contribution >= 4 is 11.9 Å². The number of rotatable bonds is 0.